The summed E-state index contributed by atoms with van der Waals surface area (Å²) in [4.78, 5) is 0. The molecule has 2 N–H and O–H groups in total. The average molecular weight is 375 g/mol. The van der Waals surface area contributed by atoms with Crippen molar-refractivity contribution >= 4 is 37.5 Å². The molecule has 5 heteroatoms. The van der Waals surface area contributed by atoms with Crippen LogP contribution in [0.25, 0.3) is 0 Å². The van der Waals surface area contributed by atoms with Crippen molar-refractivity contribution < 1.29 is 9.13 Å². The Morgan fingerprint density at radius 1 is 1.17 bits per heavy atom. The fraction of sp³-hybridized carbons (Fsp3) is 0.0769. The first kappa shape index (κ1) is 13.4. The summed E-state index contributed by atoms with van der Waals surface area (Å²) in [7, 11) is 0. The van der Waals surface area contributed by atoms with Crippen molar-refractivity contribution in [3.63, 3.8) is 0 Å². The second-order valence-corrected chi connectivity index (χ2v) is 5.49. The van der Waals surface area contributed by atoms with Crippen molar-refractivity contribution in [3.05, 3.63) is 56.7 Å². The van der Waals surface area contributed by atoms with Gasteiger partial charge in [-0.05, 0) is 39.7 Å². The molecule has 2 aromatic rings. The van der Waals surface area contributed by atoms with Crippen molar-refractivity contribution in [3.8, 4) is 5.75 Å². The van der Waals surface area contributed by atoms with Crippen LogP contribution in [-0.4, -0.2) is 0 Å². The Kier molecular flexibility index (Phi) is 4.24. The number of nitrogen functional groups attached to an aromatic ring is 1. The van der Waals surface area contributed by atoms with E-state index in [4.69, 9.17) is 10.5 Å². The first-order chi connectivity index (χ1) is 8.56. The molecule has 0 aromatic heterocycles. The second kappa shape index (κ2) is 5.71. The van der Waals surface area contributed by atoms with Gasteiger partial charge >= 0.3 is 0 Å². The van der Waals surface area contributed by atoms with Gasteiger partial charge in [0.1, 0.15) is 18.2 Å². The minimum atomic E-state index is -0.395. The lowest BCUT2D eigenvalue weighted by atomic mass is 10.2. The lowest BCUT2D eigenvalue weighted by molar-refractivity contribution is 0.306. The Labute approximate surface area is 121 Å². The number of hydrogen-bond donors (Lipinski definition) is 1. The smallest absolute Gasteiger partial charge is 0.145 e. The Morgan fingerprint density at radius 3 is 2.67 bits per heavy atom. The first-order valence-electron chi connectivity index (χ1n) is 5.18. The van der Waals surface area contributed by atoms with Crippen LogP contribution in [0.15, 0.2) is 45.3 Å². The fourth-order valence-corrected chi connectivity index (χ4v) is 2.26. The van der Waals surface area contributed by atoms with Crippen LogP contribution < -0.4 is 10.5 Å². The third-order valence-electron chi connectivity index (χ3n) is 2.34. The van der Waals surface area contributed by atoms with E-state index in [2.05, 4.69) is 31.9 Å². The van der Waals surface area contributed by atoms with E-state index in [0.717, 1.165) is 10.0 Å². The maximum atomic E-state index is 13.4. The summed E-state index contributed by atoms with van der Waals surface area (Å²) in [6.45, 7) is 0.338. The van der Waals surface area contributed by atoms with Crippen LogP contribution in [0.3, 0.4) is 0 Å². The number of rotatable bonds is 3. The number of hydrogen-bond acceptors (Lipinski definition) is 2. The molecule has 0 heterocycles. The summed E-state index contributed by atoms with van der Waals surface area (Å²) in [6, 6.07) is 10.5. The number of anilines is 1. The number of benzene rings is 2. The topological polar surface area (TPSA) is 35.2 Å². The van der Waals surface area contributed by atoms with Gasteiger partial charge in [-0.2, -0.15) is 0 Å². The molecule has 2 rings (SSSR count). The summed E-state index contributed by atoms with van der Waals surface area (Å²) >= 11 is 6.45. The van der Waals surface area contributed by atoms with Crippen molar-refractivity contribution in [2.75, 3.05) is 5.73 Å². The summed E-state index contributed by atoms with van der Waals surface area (Å²) < 4.78 is 20.2. The molecule has 94 valence electrons. The minimum Gasteiger partial charge on any atom is -0.487 e. The molecular weight excluding hydrogens is 365 g/mol. The molecule has 0 bridgehead atoms. The van der Waals surface area contributed by atoms with E-state index >= 15 is 0 Å². The summed E-state index contributed by atoms with van der Waals surface area (Å²) in [5.41, 5.74) is 7.13. The molecule has 0 aliphatic heterocycles. The van der Waals surface area contributed by atoms with E-state index in [1.807, 2.05) is 24.3 Å². The maximum absolute atomic E-state index is 13.4. The molecule has 0 spiro atoms. The zero-order valence-corrected chi connectivity index (χ0v) is 12.5. The van der Waals surface area contributed by atoms with Gasteiger partial charge in [0.15, 0.2) is 0 Å². The molecule has 0 radical (unpaired) electrons. The Hall–Kier alpha value is -1.07. The van der Waals surface area contributed by atoms with Gasteiger partial charge in [0.25, 0.3) is 0 Å². The molecule has 2 aromatic carbocycles. The Balaban J connectivity index is 2.13. The summed E-state index contributed by atoms with van der Waals surface area (Å²) in [5.74, 6) is -0.0517. The molecule has 0 aliphatic carbocycles. The van der Waals surface area contributed by atoms with Gasteiger partial charge in [0.2, 0.25) is 0 Å². The molecule has 0 unspecified atom stereocenters. The summed E-state index contributed by atoms with van der Waals surface area (Å²) in [6.07, 6.45) is 0. The van der Waals surface area contributed by atoms with Crippen molar-refractivity contribution in [2.24, 2.45) is 0 Å². The third-order valence-corrected chi connectivity index (χ3v) is 3.44. The van der Waals surface area contributed by atoms with Crippen LogP contribution in [0.2, 0.25) is 0 Å². The van der Waals surface area contributed by atoms with Gasteiger partial charge < -0.3 is 10.5 Å². The molecule has 0 saturated heterocycles. The maximum Gasteiger partial charge on any atom is 0.145 e. The van der Waals surface area contributed by atoms with Crippen LogP contribution in [0.1, 0.15) is 5.56 Å². The normalized spacial score (nSPS) is 10.4. The molecule has 0 fully saturated rings. The van der Waals surface area contributed by atoms with Crippen LogP contribution in [-0.2, 0) is 6.61 Å². The van der Waals surface area contributed by atoms with Gasteiger partial charge in [-0.25, -0.2) is 4.39 Å². The molecule has 0 amide bonds. The van der Waals surface area contributed by atoms with Gasteiger partial charge in [-0.15, -0.1) is 0 Å². The van der Waals surface area contributed by atoms with Gasteiger partial charge in [-0.3, -0.25) is 0 Å². The van der Waals surface area contributed by atoms with Crippen molar-refractivity contribution in [1.82, 2.24) is 0 Å². The number of nitrogens with two attached hydrogens (primary N) is 1. The minimum absolute atomic E-state index is 0.329. The van der Waals surface area contributed by atoms with E-state index < -0.39 is 5.82 Å². The van der Waals surface area contributed by atoms with Crippen LogP contribution in [0.4, 0.5) is 10.1 Å². The molecule has 2 nitrogen and oxygen atoms in total. The first-order valence-corrected chi connectivity index (χ1v) is 6.76. The molecule has 0 aliphatic rings. The van der Waals surface area contributed by atoms with Crippen molar-refractivity contribution in [1.29, 1.82) is 0 Å². The van der Waals surface area contributed by atoms with Crippen molar-refractivity contribution in [2.45, 2.75) is 6.61 Å². The third kappa shape index (κ3) is 3.23. The van der Waals surface area contributed by atoms with E-state index in [9.17, 15) is 4.39 Å². The number of halogens is 3. The quantitative estimate of drug-likeness (QED) is 0.802. The van der Waals surface area contributed by atoms with Gasteiger partial charge in [0.05, 0.1) is 10.2 Å². The van der Waals surface area contributed by atoms with E-state index in [0.29, 0.717) is 22.5 Å². The molecule has 18 heavy (non-hydrogen) atoms. The average Bonchev–Trinajstić information content (AvgIpc) is 2.32. The zero-order chi connectivity index (χ0) is 13.1. The van der Waals surface area contributed by atoms with E-state index in [1.54, 1.807) is 0 Å². The van der Waals surface area contributed by atoms with E-state index in [-0.39, 0.29) is 0 Å². The van der Waals surface area contributed by atoms with Crippen LogP contribution in [0, 0.1) is 5.82 Å². The highest BCUT2D eigenvalue weighted by Gasteiger charge is 2.07. The summed E-state index contributed by atoms with van der Waals surface area (Å²) in [5, 5.41) is 0. The highest BCUT2D eigenvalue weighted by Crippen LogP contribution is 2.29. The standard InChI is InChI=1S/C13H10Br2FNO/c14-9-3-1-2-8(4-9)7-18-13-6-11(16)10(15)5-12(13)17/h1-6H,7,17H2. The molecule has 0 saturated carbocycles. The zero-order valence-electron chi connectivity index (χ0n) is 9.29. The lowest BCUT2D eigenvalue weighted by Gasteiger charge is -2.10. The Bertz CT molecular complexity index is 575. The van der Waals surface area contributed by atoms with Gasteiger partial charge in [-0.1, -0.05) is 28.1 Å². The molecular formula is C13H10Br2FNO. The van der Waals surface area contributed by atoms with E-state index in [1.165, 1.54) is 12.1 Å². The molecule has 0 atom stereocenters. The predicted molar refractivity (Wildman–Crippen MR) is 77.0 cm³/mol. The lowest BCUT2D eigenvalue weighted by Crippen LogP contribution is -1.99. The SMILES string of the molecule is Nc1cc(Br)c(F)cc1OCc1cccc(Br)c1. The monoisotopic (exact) mass is 373 g/mol. The largest absolute Gasteiger partial charge is 0.487 e. The van der Waals surface area contributed by atoms with Gasteiger partial charge in [0, 0.05) is 10.5 Å². The predicted octanol–water partition coefficient (Wildman–Crippen LogP) is 4.51. The second-order valence-electron chi connectivity index (χ2n) is 3.72. The fourth-order valence-electron chi connectivity index (χ4n) is 1.46. The highest BCUT2D eigenvalue weighted by atomic mass is 79.9. The van der Waals surface area contributed by atoms with Crippen LogP contribution in [0.5, 0.6) is 5.75 Å². The highest BCUT2D eigenvalue weighted by molar-refractivity contribution is 9.10. The Morgan fingerprint density at radius 2 is 1.94 bits per heavy atom. The number of ether oxygens (including phenoxy) is 1. The van der Waals surface area contributed by atoms with Crippen LogP contribution >= 0.6 is 31.9 Å².